The number of aromatic nitrogens is 2. The van der Waals surface area contributed by atoms with Crippen molar-refractivity contribution in [1.82, 2.24) is 9.55 Å². The number of aryl methyl sites for hydroxylation is 1. The molecule has 76 valence electrons. The summed E-state index contributed by atoms with van der Waals surface area (Å²) in [7, 11) is 0. The lowest BCUT2D eigenvalue weighted by molar-refractivity contribution is -0.119. The number of hydrogen-bond donors (Lipinski definition) is 1. The molecule has 0 aromatic carbocycles. The van der Waals surface area contributed by atoms with E-state index in [-0.39, 0.29) is 23.7 Å². The molecule has 0 radical (unpaired) electrons. The lowest BCUT2D eigenvalue weighted by Gasteiger charge is -2.07. The van der Waals surface area contributed by atoms with E-state index in [0.29, 0.717) is 12.2 Å². The van der Waals surface area contributed by atoms with E-state index in [2.05, 4.69) is 4.98 Å². The number of nitrogen functional groups attached to an aromatic ring is 1. The second kappa shape index (κ2) is 4.04. The molecule has 0 fully saturated rings. The van der Waals surface area contributed by atoms with Crippen LogP contribution in [-0.2, 0) is 11.3 Å². The van der Waals surface area contributed by atoms with Gasteiger partial charge in [0.1, 0.15) is 11.6 Å². The first kappa shape index (κ1) is 10.4. The molecule has 0 saturated heterocycles. The Kier molecular flexibility index (Phi) is 3.01. The lowest BCUT2D eigenvalue weighted by Crippen LogP contribution is -2.27. The van der Waals surface area contributed by atoms with Crippen molar-refractivity contribution in [2.24, 2.45) is 0 Å². The van der Waals surface area contributed by atoms with Crippen molar-refractivity contribution >= 4 is 11.6 Å². The molecule has 0 atom stereocenters. The smallest absolute Gasteiger partial charge is 0.255 e. The minimum absolute atomic E-state index is 0.00164. The third kappa shape index (κ3) is 2.18. The van der Waals surface area contributed by atoms with Crippen LogP contribution in [0.1, 0.15) is 19.2 Å². The van der Waals surface area contributed by atoms with E-state index >= 15 is 0 Å². The predicted octanol–water partition coefficient (Wildman–Crippen LogP) is 0.113. The molecule has 1 heterocycles. The summed E-state index contributed by atoms with van der Waals surface area (Å²) in [6.07, 6.45) is 0.413. The van der Waals surface area contributed by atoms with E-state index in [4.69, 9.17) is 5.73 Å². The number of carbonyl (C=O) groups is 1. The largest absolute Gasteiger partial charge is 0.383 e. The van der Waals surface area contributed by atoms with Gasteiger partial charge < -0.3 is 5.73 Å². The van der Waals surface area contributed by atoms with E-state index in [1.54, 1.807) is 13.8 Å². The first-order valence-corrected chi connectivity index (χ1v) is 4.40. The van der Waals surface area contributed by atoms with Crippen molar-refractivity contribution in [2.75, 3.05) is 5.73 Å². The minimum Gasteiger partial charge on any atom is -0.383 e. The molecule has 0 aliphatic carbocycles. The summed E-state index contributed by atoms with van der Waals surface area (Å²) in [5.74, 6) is 0.659. The maximum absolute atomic E-state index is 11.4. The standard InChI is InChI=1S/C9H13N3O2/c1-3-7(13)5-12-6(2)11-8(10)4-9(12)14/h4H,3,5,10H2,1-2H3. The Morgan fingerprint density at radius 2 is 2.29 bits per heavy atom. The fourth-order valence-corrected chi connectivity index (χ4v) is 1.12. The number of nitrogens with zero attached hydrogens (tertiary/aromatic N) is 2. The van der Waals surface area contributed by atoms with Gasteiger partial charge in [0.25, 0.3) is 5.56 Å². The Hall–Kier alpha value is -1.65. The van der Waals surface area contributed by atoms with E-state index in [1.165, 1.54) is 10.6 Å². The molecule has 1 aromatic heterocycles. The monoisotopic (exact) mass is 195 g/mol. The van der Waals surface area contributed by atoms with Gasteiger partial charge in [-0.05, 0) is 6.92 Å². The van der Waals surface area contributed by atoms with E-state index in [0.717, 1.165) is 0 Å². The summed E-state index contributed by atoms with van der Waals surface area (Å²) >= 11 is 0. The molecule has 14 heavy (non-hydrogen) atoms. The lowest BCUT2D eigenvalue weighted by atomic mass is 10.3. The Morgan fingerprint density at radius 3 is 2.79 bits per heavy atom. The van der Waals surface area contributed by atoms with Crippen molar-refractivity contribution in [3.05, 3.63) is 22.2 Å². The molecule has 0 spiro atoms. The number of ketones is 1. The highest BCUT2D eigenvalue weighted by atomic mass is 16.1. The topological polar surface area (TPSA) is 78.0 Å². The highest BCUT2D eigenvalue weighted by molar-refractivity contribution is 5.77. The van der Waals surface area contributed by atoms with E-state index in [9.17, 15) is 9.59 Å². The summed E-state index contributed by atoms with van der Waals surface area (Å²) < 4.78 is 1.32. The van der Waals surface area contributed by atoms with Crippen LogP contribution in [0, 0.1) is 6.92 Å². The maximum atomic E-state index is 11.4. The first-order chi connectivity index (χ1) is 6.54. The van der Waals surface area contributed by atoms with Gasteiger partial charge in [0.2, 0.25) is 0 Å². The van der Waals surface area contributed by atoms with Crippen molar-refractivity contribution in [1.29, 1.82) is 0 Å². The van der Waals surface area contributed by atoms with Crippen LogP contribution in [-0.4, -0.2) is 15.3 Å². The minimum atomic E-state index is -0.281. The highest BCUT2D eigenvalue weighted by Gasteiger charge is 2.06. The van der Waals surface area contributed by atoms with Crippen LogP contribution >= 0.6 is 0 Å². The van der Waals surface area contributed by atoms with Gasteiger partial charge in [-0.15, -0.1) is 0 Å². The fraction of sp³-hybridized carbons (Fsp3) is 0.444. The average molecular weight is 195 g/mol. The van der Waals surface area contributed by atoms with Crippen LogP contribution in [0.5, 0.6) is 0 Å². The normalized spacial score (nSPS) is 10.1. The van der Waals surface area contributed by atoms with E-state index < -0.39 is 0 Å². The van der Waals surface area contributed by atoms with Gasteiger partial charge in [-0.1, -0.05) is 6.92 Å². The van der Waals surface area contributed by atoms with Crippen molar-refractivity contribution in [3.63, 3.8) is 0 Å². The van der Waals surface area contributed by atoms with Gasteiger partial charge in [0.05, 0.1) is 6.54 Å². The molecule has 0 bridgehead atoms. The number of Topliss-reactive ketones (excluding diaryl/α,β-unsaturated/α-hetero) is 1. The van der Waals surface area contributed by atoms with Crippen molar-refractivity contribution < 1.29 is 4.79 Å². The van der Waals surface area contributed by atoms with Crippen LogP contribution in [0.4, 0.5) is 5.82 Å². The molecule has 2 N–H and O–H groups in total. The Bertz CT molecular complexity index is 409. The number of nitrogens with two attached hydrogens (primary N) is 1. The van der Waals surface area contributed by atoms with Gasteiger partial charge in [-0.2, -0.15) is 0 Å². The number of carbonyl (C=O) groups excluding carboxylic acids is 1. The zero-order valence-electron chi connectivity index (χ0n) is 8.28. The molecule has 0 amide bonds. The maximum Gasteiger partial charge on any atom is 0.255 e. The average Bonchev–Trinajstić information content (AvgIpc) is 2.10. The molecule has 5 heteroatoms. The van der Waals surface area contributed by atoms with Crippen LogP contribution in [0.25, 0.3) is 0 Å². The summed E-state index contributed by atoms with van der Waals surface area (Å²) in [5.41, 5.74) is 5.10. The van der Waals surface area contributed by atoms with E-state index in [1.807, 2.05) is 0 Å². The van der Waals surface area contributed by atoms with Gasteiger partial charge in [-0.3, -0.25) is 14.2 Å². The molecule has 0 aliphatic rings. The molecule has 0 aliphatic heterocycles. The molecule has 1 aromatic rings. The third-order valence-corrected chi connectivity index (χ3v) is 1.95. The summed E-state index contributed by atoms with van der Waals surface area (Å²) in [4.78, 5) is 26.5. The van der Waals surface area contributed by atoms with Crippen molar-refractivity contribution in [2.45, 2.75) is 26.8 Å². The molecule has 0 saturated carbocycles. The summed E-state index contributed by atoms with van der Waals surface area (Å²) in [5, 5.41) is 0. The number of hydrogen-bond acceptors (Lipinski definition) is 4. The molecule has 5 nitrogen and oxygen atoms in total. The van der Waals surface area contributed by atoms with Gasteiger partial charge in [0.15, 0.2) is 5.78 Å². The summed E-state index contributed by atoms with van der Waals surface area (Å²) in [6, 6.07) is 1.22. The molecular formula is C9H13N3O2. The van der Waals surface area contributed by atoms with Crippen LogP contribution in [0.3, 0.4) is 0 Å². The van der Waals surface area contributed by atoms with Crippen LogP contribution < -0.4 is 11.3 Å². The second-order valence-electron chi connectivity index (χ2n) is 3.04. The second-order valence-corrected chi connectivity index (χ2v) is 3.04. The van der Waals surface area contributed by atoms with Gasteiger partial charge in [0, 0.05) is 12.5 Å². The highest BCUT2D eigenvalue weighted by Crippen LogP contribution is 1.96. The molecule has 0 unspecified atom stereocenters. The third-order valence-electron chi connectivity index (χ3n) is 1.95. The zero-order chi connectivity index (χ0) is 10.7. The Morgan fingerprint density at radius 1 is 1.64 bits per heavy atom. The Balaban J connectivity index is 3.09. The quantitative estimate of drug-likeness (QED) is 0.742. The predicted molar refractivity (Wildman–Crippen MR) is 52.9 cm³/mol. The van der Waals surface area contributed by atoms with Crippen LogP contribution in [0.15, 0.2) is 10.9 Å². The zero-order valence-corrected chi connectivity index (χ0v) is 8.28. The number of anilines is 1. The SMILES string of the molecule is CCC(=O)Cn1c(C)nc(N)cc1=O. The molecular weight excluding hydrogens is 182 g/mol. The number of rotatable bonds is 3. The van der Waals surface area contributed by atoms with Crippen LogP contribution in [0.2, 0.25) is 0 Å². The molecule has 1 rings (SSSR count). The fourth-order valence-electron chi connectivity index (χ4n) is 1.12. The Labute approximate surface area is 81.6 Å². The van der Waals surface area contributed by atoms with Gasteiger partial charge in [-0.25, -0.2) is 4.98 Å². The first-order valence-electron chi connectivity index (χ1n) is 4.40. The van der Waals surface area contributed by atoms with Crippen molar-refractivity contribution in [3.8, 4) is 0 Å². The van der Waals surface area contributed by atoms with Gasteiger partial charge >= 0.3 is 0 Å². The summed E-state index contributed by atoms with van der Waals surface area (Å²) in [6.45, 7) is 3.49.